The number of benzene rings is 2. The van der Waals surface area contributed by atoms with Gasteiger partial charge in [0, 0.05) is 6.04 Å². The van der Waals surface area contributed by atoms with E-state index in [9.17, 15) is 0 Å². The van der Waals surface area contributed by atoms with Gasteiger partial charge in [0.25, 0.3) is 0 Å². The Morgan fingerprint density at radius 2 is 1.81 bits per heavy atom. The SMILES string of the molecule is COc1ccccc1CC(N)c1ccc(OC2CC2)cc1. The van der Waals surface area contributed by atoms with Crippen LogP contribution in [0.4, 0.5) is 0 Å². The molecule has 3 nitrogen and oxygen atoms in total. The predicted molar refractivity (Wildman–Crippen MR) is 83.7 cm³/mol. The fourth-order valence-electron chi connectivity index (χ4n) is 2.40. The van der Waals surface area contributed by atoms with Crippen molar-refractivity contribution in [3.63, 3.8) is 0 Å². The van der Waals surface area contributed by atoms with Crippen LogP contribution in [-0.2, 0) is 6.42 Å². The molecular weight excluding hydrogens is 262 g/mol. The van der Waals surface area contributed by atoms with Crippen molar-refractivity contribution in [1.29, 1.82) is 0 Å². The first-order chi connectivity index (χ1) is 10.3. The number of hydrogen-bond acceptors (Lipinski definition) is 3. The van der Waals surface area contributed by atoms with Crippen LogP contribution in [0.5, 0.6) is 11.5 Å². The van der Waals surface area contributed by atoms with Gasteiger partial charge in [-0.25, -0.2) is 0 Å². The van der Waals surface area contributed by atoms with Crippen molar-refractivity contribution in [3.05, 3.63) is 59.7 Å². The van der Waals surface area contributed by atoms with Crippen molar-refractivity contribution >= 4 is 0 Å². The number of methoxy groups -OCH3 is 1. The summed E-state index contributed by atoms with van der Waals surface area (Å²) in [7, 11) is 1.69. The molecule has 3 rings (SSSR count). The third-order valence-electron chi connectivity index (χ3n) is 3.77. The Balaban J connectivity index is 1.67. The molecule has 110 valence electrons. The molecule has 1 aliphatic rings. The van der Waals surface area contributed by atoms with Gasteiger partial charge >= 0.3 is 0 Å². The summed E-state index contributed by atoms with van der Waals surface area (Å²) < 4.78 is 11.1. The van der Waals surface area contributed by atoms with E-state index in [0.29, 0.717) is 6.10 Å². The molecule has 2 aromatic carbocycles. The highest BCUT2D eigenvalue weighted by Crippen LogP contribution is 2.28. The summed E-state index contributed by atoms with van der Waals surface area (Å²) in [6.07, 6.45) is 3.54. The van der Waals surface area contributed by atoms with Crippen molar-refractivity contribution in [2.45, 2.75) is 31.4 Å². The lowest BCUT2D eigenvalue weighted by molar-refractivity contribution is 0.303. The largest absolute Gasteiger partial charge is 0.496 e. The molecule has 1 atom stereocenters. The minimum absolute atomic E-state index is 0.0451. The highest BCUT2D eigenvalue weighted by Gasteiger charge is 2.23. The molecule has 1 saturated carbocycles. The molecule has 21 heavy (non-hydrogen) atoms. The summed E-state index contributed by atoms with van der Waals surface area (Å²) in [5.74, 6) is 1.83. The van der Waals surface area contributed by atoms with E-state index in [1.165, 1.54) is 12.8 Å². The third kappa shape index (κ3) is 3.56. The molecule has 2 N–H and O–H groups in total. The molecule has 0 saturated heterocycles. The lowest BCUT2D eigenvalue weighted by Crippen LogP contribution is -2.13. The second kappa shape index (κ2) is 6.19. The Bertz CT molecular complexity index is 590. The summed E-state index contributed by atoms with van der Waals surface area (Å²) in [4.78, 5) is 0. The molecule has 0 spiro atoms. The van der Waals surface area contributed by atoms with Crippen molar-refractivity contribution in [2.75, 3.05) is 7.11 Å². The molecule has 1 aliphatic carbocycles. The van der Waals surface area contributed by atoms with Gasteiger partial charge in [-0.05, 0) is 48.6 Å². The van der Waals surface area contributed by atoms with Gasteiger partial charge in [0.05, 0.1) is 13.2 Å². The van der Waals surface area contributed by atoms with Crippen LogP contribution in [0.2, 0.25) is 0 Å². The molecular formula is C18H21NO2. The van der Waals surface area contributed by atoms with Crippen LogP contribution in [0.15, 0.2) is 48.5 Å². The smallest absolute Gasteiger partial charge is 0.122 e. The Labute approximate surface area is 125 Å². The van der Waals surface area contributed by atoms with Crippen LogP contribution in [0.25, 0.3) is 0 Å². The van der Waals surface area contributed by atoms with Crippen molar-refractivity contribution in [3.8, 4) is 11.5 Å². The van der Waals surface area contributed by atoms with Crippen LogP contribution in [0, 0.1) is 0 Å². The van der Waals surface area contributed by atoms with Crippen LogP contribution in [-0.4, -0.2) is 13.2 Å². The molecule has 0 radical (unpaired) electrons. The first-order valence-electron chi connectivity index (χ1n) is 7.40. The quantitative estimate of drug-likeness (QED) is 0.882. The lowest BCUT2D eigenvalue weighted by atomic mass is 9.99. The highest BCUT2D eigenvalue weighted by atomic mass is 16.5. The number of ether oxygens (including phenoxy) is 2. The standard InChI is InChI=1S/C18H21NO2/c1-20-18-5-3-2-4-14(18)12-17(19)13-6-8-15(9-7-13)21-16-10-11-16/h2-9,16-17H,10-12,19H2,1H3. The molecule has 0 aromatic heterocycles. The van der Waals surface area contributed by atoms with Crippen LogP contribution >= 0.6 is 0 Å². The first kappa shape index (κ1) is 14.0. The van der Waals surface area contributed by atoms with Gasteiger partial charge in [0.2, 0.25) is 0 Å². The summed E-state index contributed by atoms with van der Waals surface area (Å²) in [6.45, 7) is 0. The summed E-state index contributed by atoms with van der Waals surface area (Å²) in [5, 5.41) is 0. The van der Waals surface area contributed by atoms with E-state index < -0.39 is 0 Å². The monoisotopic (exact) mass is 283 g/mol. The molecule has 0 bridgehead atoms. The Morgan fingerprint density at radius 3 is 2.48 bits per heavy atom. The molecule has 3 heteroatoms. The van der Waals surface area contributed by atoms with E-state index in [1.54, 1.807) is 7.11 Å². The third-order valence-corrected chi connectivity index (χ3v) is 3.77. The zero-order chi connectivity index (χ0) is 14.7. The van der Waals surface area contributed by atoms with Crippen LogP contribution < -0.4 is 15.2 Å². The van der Waals surface area contributed by atoms with Crippen LogP contribution in [0.1, 0.15) is 30.0 Å². The maximum atomic E-state index is 6.32. The Kier molecular flexibility index (Phi) is 4.11. The zero-order valence-corrected chi connectivity index (χ0v) is 12.3. The van der Waals surface area contributed by atoms with Gasteiger partial charge < -0.3 is 15.2 Å². The average Bonchev–Trinajstić information content (AvgIpc) is 3.32. The number of hydrogen-bond donors (Lipinski definition) is 1. The van der Waals surface area contributed by atoms with Gasteiger partial charge in [0.1, 0.15) is 11.5 Å². The summed E-state index contributed by atoms with van der Waals surface area (Å²) in [5.41, 5.74) is 8.56. The van der Waals surface area contributed by atoms with E-state index in [-0.39, 0.29) is 6.04 Å². The van der Waals surface area contributed by atoms with E-state index in [2.05, 4.69) is 18.2 Å². The Hall–Kier alpha value is -2.00. The van der Waals surface area contributed by atoms with Gasteiger partial charge in [0.15, 0.2) is 0 Å². The molecule has 0 aliphatic heterocycles. The predicted octanol–water partition coefficient (Wildman–Crippen LogP) is 3.48. The number of rotatable bonds is 6. The van der Waals surface area contributed by atoms with E-state index >= 15 is 0 Å². The molecule has 1 fully saturated rings. The summed E-state index contributed by atoms with van der Waals surface area (Å²) in [6, 6.07) is 16.1. The number of para-hydroxylation sites is 1. The van der Waals surface area contributed by atoms with Crippen molar-refractivity contribution in [1.82, 2.24) is 0 Å². The van der Waals surface area contributed by atoms with Crippen molar-refractivity contribution in [2.24, 2.45) is 5.73 Å². The second-order valence-electron chi connectivity index (χ2n) is 5.51. The van der Waals surface area contributed by atoms with Gasteiger partial charge in [-0.1, -0.05) is 30.3 Å². The van der Waals surface area contributed by atoms with Crippen molar-refractivity contribution < 1.29 is 9.47 Å². The maximum absolute atomic E-state index is 6.32. The number of nitrogens with two attached hydrogens (primary N) is 1. The van der Waals surface area contributed by atoms with E-state index in [1.807, 2.05) is 30.3 Å². The van der Waals surface area contributed by atoms with E-state index in [4.69, 9.17) is 15.2 Å². The molecule has 0 amide bonds. The zero-order valence-electron chi connectivity index (χ0n) is 12.3. The summed E-state index contributed by atoms with van der Waals surface area (Å²) >= 11 is 0. The maximum Gasteiger partial charge on any atom is 0.122 e. The molecule has 1 unspecified atom stereocenters. The fraction of sp³-hybridized carbons (Fsp3) is 0.333. The fourth-order valence-corrected chi connectivity index (χ4v) is 2.40. The Morgan fingerprint density at radius 1 is 1.10 bits per heavy atom. The topological polar surface area (TPSA) is 44.5 Å². The molecule has 0 heterocycles. The van der Waals surface area contributed by atoms with E-state index in [0.717, 1.165) is 29.0 Å². The minimum atomic E-state index is -0.0451. The van der Waals surface area contributed by atoms with Gasteiger partial charge in [-0.2, -0.15) is 0 Å². The highest BCUT2D eigenvalue weighted by molar-refractivity contribution is 5.36. The molecule has 2 aromatic rings. The minimum Gasteiger partial charge on any atom is -0.496 e. The normalized spacial score (nSPS) is 15.5. The second-order valence-corrected chi connectivity index (χ2v) is 5.51. The lowest BCUT2D eigenvalue weighted by Gasteiger charge is -2.15. The van der Waals surface area contributed by atoms with Gasteiger partial charge in [-0.15, -0.1) is 0 Å². The first-order valence-corrected chi connectivity index (χ1v) is 7.40. The average molecular weight is 283 g/mol. The van der Waals surface area contributed by atoms with Gasteiger partial charge in [-0.3, -0.25) is 0 Å². The van der Waals surface area contributed by atoms with Crippen LogP contribution in [0.3, 0.4) is 0 Å².